The van der Waals surface area contributed by atoms with E-state index in [2.05, 4.69) is 4.74 Å². The first-order valence-corrected chi connectivity index (χ1v) is 4.57. The van der Waals surface area contributed by atoms with Gasteiger partial charge in [-0.25, -0.2) is 0 Å². The quantitative estimate of drug-likeness (QED) is 0.807. The lowest BCUT2D eigenvalue weighted by molar-refractivity contribution is -0.153. The molecule has 5 heteroatoms. The summed E-state index contributed by atoms with van der Waals surface area (Å²) in [4.78, 5) is 0. The van der Waals surface area contributed by atoms with Gasteiger partial charge in [-0.15, -0.1) is 0 Å². The summed E-state index contributed by atoms with van der Waals surface area (Å²) >= 11 is 0. The molecule has 0 amide bonds. The minimum atomic E-state index is -4.36. The lowest BCUT2D eigenvalue weighted by Crippen LogP contribution is -2.19. The van der Waals surface area contributed by atoms with E-state index in [1.54, 1.807) is 13.0 Å². The molecule has 0 saturated heterocycles. The third-order valence-electron chi connectivity index (χ3n) is 1.81. The van der Waals surface area contributed by atoms with Crippen LogP contribution in [0.15, 0.2) is 30.3 Å². The fourth-order valence-corrected chi connectivity index (χ4v) is 1.08. The van der Waals surface area contributed by atoms with Crippen LogP contribution >= 0.6 is 0 Å². The smallest absolute Gasteiger partial charge is 0.422 e. The van der Waals surface area contributed by atoms with Crippen molar-refractivity contribution in [2.75, 3.05) is 6.61 Å². The molecule has 1 rings (SSSR count). The van der Waals surface area contributed by atoms with E-state index in [9.17, 15) is 18.3 Å². The van der Waals surface area contributed by atoms with Crippen LogP contribution < -0.4 is 4.74 Å². The molecule has 0 aliphatic carbocycles. The molecular weight excluding hydrogens is 221 g/mol. The summed E-state index contributed by atoms with van der Waals surface area (Å²) in [5.41, 5.74) is 0.419. The van der Waals surface area contributed by atoms with Gasteiger partial charge in [-0.3, -0.25) is 0 Å². The SMILES string of the molecule is C/C=C(/O)c1cccc(OCC(F)(F)F)c1. The summed E-state index contributed by atoms with van der Waals surface area (Å²) in [6.07, 6.45) is -2.92. The van der Waals surface area contributed by atoms with Crippen LogP contribution in [0.1, 0.15) is 12.5 Å². The third-order valence-corrected chi connectivity index (χ3v) is 1.81. The molecule has 0 heterocycles. The second-order valence-corrected chi connectivity index (χ2v) is 3.11. The summed E-state index contributed by atoms with van der Waals surface area (Å²) in [7, 11) is 0. The molecule has 0 atom stereocenters. The Labute approximate surface area is 91.0 Å². The first-order chi connectivity index (χ1) is 7.42. The van der Waals surface area contributed by atoms with E-state index >= 15 is 0 Å². The largest absolute Gasteiger partial charge is 0.508 e. The molecule has 0 radical (unpaired) electrons. The van der Waals surface area contributed by atoms with Crippen molar-refractivity contribution in [1.29, 1.82) is 0 Å². The highest BCUT2D eigenvalue weighted by Crippen LogP contribution is 2.21. The number of aliphatic hydroxyl groups excluding tert-OH is 1. The monoisotopic (exact) mass is 232 g/mol. The second-order valence-electron chi connectivity index (χ2n) is 3.11. The minimum Gasteiger partial charge on any atom is -0.508 e. The van der Waals surface area contributed by atoms with Gasteiger partial charge in [-0.1, -0.05) is 12.1 Å². The van der Waals surface area contributed by atoms with E-state index in [1.165, 1.54) is 24.3 Å². The summed E-state index contributed by atoms with van der Waals surface area (Å²) in [6, 6.07) is 5.84. The van der Waals surface area contributed by atoms with Crippen LogP contribution in [0.4, 0.5) is 13.2 Å². The maximum absolute atomic E-state index is 11.9. The molecule has 0 fully saturated rings. The molecule has 0 bridgehead atoms. The number of aliphatic hydroxyl groups is 1. The van der Waals surface area contributed by atoms with Crippen molar-refractivity contribution in [2.24, 2.45) is 0 Å². The number of alkyl halides is 3. The number of hydrogen-bond donors (Lipinski definition) is 1. The van der Waals surface area contributed by atoms with E-state index in [4.69, 9.17) is 0 Å². The zero-order valence-corrected chi connectivity index (χ0v) is 8.58. The lowest BCUT2D eigenvalue weighted by Gasteiger charge is -2.09. The Morgan fingerprint density at radius 2 is 2.12 bits per heavy atom. The number of allylic oxidation sites excluding steroid dienone is 1. The Morgan fingerprint density at radius 1 is 1.44 bits per heavy atom. The standard InChI is InChI=1S/C11H11F3O2/c1-2-10(15)8-4-3-5-9(6-8)16-7-11(12,13)14/h2-6,15H,7H2,1H3/b10-2+. The van der Waals surface area contributed by atoms with Gasteiger partial charge in [0.25, 0.3) is 0 Å². The molecule has 0 unspecified atom stereocenters. The molecule has 1 aromatic carbocycles. The van der Waals surface area contributed by atoms with Crippen molar-refractivity contribution in [2.45, 2.75) is 13.1 Å². The lowest BCUT2D eigenvalue weighted by atomic mass is 10.2. The van der Waals surface area contributed by atoms with Gasteiger partial charge in [0, 0.05) is 5.56 Å². The van der Waals surface area contributed by atoms with E-state index in [0.29, 0.717) is 5.56 Å². The molecule has 0 aliphatic rings. The zero-order valence-electron chi connectivity index (χ0n) is 8.58. The zero-order chi connectivity index (χ0) is 12.2. The van der Waals surface area contributed by atoms with Crippen molar-refractivity contribution >= 4 is 5.76 Å². The Hall–Kier alpha value is -1.65. The van der Waals surface area contributed by atoms with Crippen molar-refractivity contribution < 1.29 is 23.0 Å². The normalized spacial score (nSPS) is 12.6. The van der Waals surface area contributed by atoms with Crippen molar-refractivity contribution in [3.05, 3.63) is 35.9 Å². The van der Waals surface area contributed by atoms with E-state index < -0.39 is 12.8 Å². The van der Waals surface area contributed by atoms with Gasteiger partial charge in [0.05, 0.1) is 0 Å². The number of hydrogen-bond acceptors (Lipinski definition) is 2. The molecule has 2 nitrogen and oxygen atoms in total. The number of ether oxygens (including phenoxy) is 1. The molecule has 0 saturated carbocycles. The Bertz CT molecular complexity index is 383. The van der Waals surface area contributed by atoms with Crippen LogP contribution in [0.3, 0.4) is 0 Å². The van der Waals surface area contributed by atoms with Gasteiger partial charge >= 0.3 is 6.18 Å². The van der Waals surface area contributed by atoms with Crippen LogP contribution in [-0.2, 0) is 0 Å². The summed E-state index contributed by atoms with van der Waals surface area (Å²) in [5, 5.41) is 9.37. The number of rotatable bonds is 3. The molecular formula is C11H11F3O2. The van der Waals surface area contributed by atoms with Crippen LogP contribution in [0, 0.1) is 0 Å². The Kier molecular flexibility index (Phi) is 3.82. The van der Waals surface area contributed by atoms with Gasteiger partial charge in [-0.05, 0) is 25.1 Å². The molecule has 1 aromatic rings. The average Bonchev–Trinajstić information content (AvgIpc) is 2.25. The number of halogens is 3. The first kappa shape index (κ1) is 12.4. The highest BCUT2D eigenvalue weighted by atomic mass is 19.4. The summed E-state index contributed by atoms with van der Waals surface area (Å²) in [5.74, 6) is 0.0701. The second kappa shape index (κ2) is 4.92. The third kappa shape index (κ3) is 3.84. The fraction of sp³-hybridized carbons (Fsp3) is 0.273. The first-order valence-electron chi connectivity index (χ1n) is 4.57. The van der Waals surface area contributed by atoms with Gasteiger partial charge in [-0.2, -0.15) is 13.2 Å². The molecule has 0 aromatic heterocycles. The highest BCUT2D eigenvalue weighted by Gasteiger charge is 2.28. The topological polar surface area (TPSA) is 29.5 Å². The fourth-order valence-electron chi connectivity index (χ4n) is 1.08. The maximum atomic E-state index is 11.9. The van der Waals surface area contributed by atoms with E-state index in [-0.39, 0.29) is 11.5 Å². The Morgan fingerprint density at radius 3 is 2.69 bits per heavy atom. The molecule has 88 valence electrons. The van der Waals surface area contributed by atoms with Gasteiger partial charge in [0.15, 0.2) is 6.61 Å². The van der Waals surface area contributed by atoms with Crippen molar-refractivity contribution in [3.8, 4) is 5.75 Å². The van der Waals surface area contributed by atoms with Gasteiger partial charge < -0.3 is 9.84 Å². The van der Waals surface area contributed by atoms with Gasteiger partial charge in [0.1, 0.15) is 11.5 Å². The average molecular weight is 232 g/mol. The minimum absolute atomic E-state index is 0.00235. The predicted molar refractivity (Wildman–Crippen MR) is 54.3 cm³/mol. The maximum Gasteiger partial charge on any atom is 0.422 e. The summed E-state index contributed by atoms with van der Waals surface area (Å²) < 4.78 is 40.2. The van der Waals surface area contributed by atoms with Crippen molar-refractivity contribution in [3.63, 3.8) is 0 Å². The highest BCUT2D eigenvalue weighted by molar-refractivity contribution is 5.59. The molecule has 0 spiro atoms. The van der Waals surface area contributed by atoms with Crippen LogP contribution in [0.2, 0.25) is 0 Å². The predicted octanol–water partition coefficient (Wildman–Crippen LogP) is 3.55. The molecule has 0 aliphatic heterocycles. The van der Waals surface area contributed by atoms with Crippen LogP contribution in [0.5, 0.6) is 5.75 Å². The van der Waals surface area contributed by atoms with Gasteiger partial charge in [0.2, 0.25) is 0 Å². The van der Waals surface area contributed by atoms with E-state index in [1.807, 2.05) is 0 Å². The van der Waals surface area contributed by atoms with E-state index in [0.717, 1.165) is 0 Å². The summed E-state index contributed by atoms with van der Waals surface area (Å²) in [6.45, 7) is 0.283. The Balaban J connectivity index is 2.76. The van der Waals surface area contributed by atoms with Crippen LogP contribution in [0.25, 0.3) is 5.76 Å². The molecule has 16 heavy (non-hydrogen) atoms. The molecule has 1 N–H and O–H groups in total. The number of benzene rings is 1. The van der Waals surface area contributed by atoms with Crippen LogP contribution in [-0.4, -0.2) is 17.9 Å². The van der Waals surface area contributed by atoms with Crippen molar-refractivity contribution in [1.82, 2.24) is 0 Å².